The number of hydrogen-bond acceptors (Lipinski definition) is 3. The predicted octanol–water partition coefficient (Wildman–Crippen LogP) is 3.99. The van der Waals surface area contributed by atoms with Crippen LogP contribution >= 0.6 is 11.6 Å². The summed E-state index contributed by atoms with van der Waals surface area (Å²) in [5.74, 6) is -0.205. The number of carbonyl (C=O) groups is 2. The third kappa shape index (κ3) is 6.31. The summed E-state index contributed by atoms with van der Waals surface area (Å²) >= 11 is 6.01. The molecule has 0 aliphatic carbocycles. The molecule has 2 amide bonds. The lowest BCUT2D eigenvalue weighted by atomic mass is 10.0. The topological polar surface area (TPSA) is 58.6 Å². The smallest absolute Gasteiger partial charge is 0.243 e. The maximum Gasteiger partial charge on any atom is 0.243 e. The molecule has 0 radical (unpaired) electrons. The molecular formula is C24H29ClN2O3. The van der Waals surface area contributed by atoms with Gasteiger partial charge in [-0.3, -0.25) is 9.59 Å². The van der Waals surface area contributed by atoms with Gasteiger partial charge < -0.3 is 15.0 Å². The van der Waals surface area contributed by atoms with Crippen LogP contribution in [0.15, 0.2) is 54.6 Å². The van der Waals surface area contributed by atoms with Gasteiger partial charge in [-0.1, -0.05) is 61.0 Å². The quantitative estimate of drug-likeness (QED) is 0.657. The Hall–Kier alpha value is -2.37. The minimum atomic E-state index is -0.600. The van der Waals surface area contributed by atoms with Crippen molar-refractivity contribution in [1.82, 2.24) is 10.2 Å². The van der Waals surface area contributed by atoms with Crippen LogP contribution in [0.5, 0.6) is 0 Å². The number of halogens is 1. The van der Waals surface area contributed by atoms with Gasteiger partial charge in [-0.15, -0.1) is 0 Å². The minimum absolute atomic E-state index is 0.0536. The summed E-state index contributed by atoms with van der Waals surface area (Å²) in [5, 5.41) is 3.66. The van der Waals surface area contributed by atoms with E-state index in [0.29, 0.717) is 31.0 Å². The fourth-order valence-electron chi connectivity index (χ4n) is 3.68. The fraction of sp³-hybridized carbons (Fsp3) is 0.417. The first-order valence-corrected chi connectivity index (χ1v) is 10.9. The number of carbonyl (C=O) groups excluding carboxylic acids is 2. The van der Waals surface area contributed by atoms with Crippen LogP contribution < -0.4 is 5.32 Å². The molecule has 1 heterocycles. The lowest BCUT2D eigenvalue weighted by molar-refractivity contribution is -0.141. The number of nitrogens with zero attached hydrogens (tertiary/aromatic N) is 1. The highest BCUT2D eigenvalue weighted by Gasteiger charge is 2.30. The molecule has 0 saturated carbocycles. The minimum Gasteiger partial charge on any atom is -0.376 e. The lowest BCUT2D eigenvalue weighted by Gasteiger charge is -2.31. The summed E-state index contributed by atoms with van der Waals surface area (Å²) in [5.41, 5.74) is 1.95. The van der Waals surface area contributed by atoms with Crippen molar-refractivity contribution < 1.29 is 14.3 Å². The second-order valence-electron chi connectivity index (χ2n) is 7.59. The van der Waals surface area contributed by atoms with E-state index in [1.54, 1.807) is 17.0 Å². The van der Waals surface area contributed by atoms with Gasteiger partial charge in [0.1, 0.15) is 6.04 Å². The Labute approximate surface area is 183 Å². The highest BCUT2D eigenvalue weighted by atomic mass is 35.5. The molecule has 1 aliphatic rings. The molecule has 1 aliphatic heterocycles. The molecule has 2 aromatic carbocycles. The molecule has 0 unspecified atom stereocenters. The van der Waals surface area contributed by atoms with Crippen LogP contribution in [0, 0.1) is 0 Å². The second-order valence-corrected chi connectivity index (χ2v) is 8.02. The highest BCUT2D eigenvalue weighted by Crippen LogP contribution is 2.18. The molecular weight excluding hydrogens is 400 g/mol. The van der Waals surface area contributed by atoms with Crippen LogP contribution in [0.25, 0.3) is 0 Å². The molecule has 5 nitrogen and oxygen atoms in total. The van der Waals surface area contributed by atoms with Crippen molar-refractivity contribution in [2.75, 3.05) is 13.2 Å². The van der Waals surface area contributed by atoms with E-state index in [4.69, 9.17) is 16.3 Å². The van der Waals surface area contributed by atoms with E-state index >= 15 is 0 Å². The maximum atomic E-state index is 13.2. The van der Waals surface area contributed by atoms with E-state index in [-0.39, 0.29) is 17.9 Å². The number of rotatable bonds is 9. The van der Waals surface area contributed by atoms with Crippen LogP contribution in [0.3, 0.4) is 0 Å². The van der Waals surface area contributed by atoms with Crippen molar-refractivity contribution in [1.29, 1.82) is 0 Å². The maximum absolute atomic E-state index is 13.2. The Balaban J connectivity index is 1.81. The van der Waals surface area contributed by atoms with Crippen molar-refractivity contribution in [3.8, 4) is 0 Å². The third-order valence-corrected chi connectivity index (χ3v) is 5.62. The van der Waals surface area contributed by atoms with E-state index in [1.807, 2.05) is 49.4 Å². The van der Waals surface area contributed by atoms with Crippen LogP contribution in [-0.2, 0) is 27.3 Å². The Bertz CT molecular complexity index is 820. The first-order valence-electron chi connectivity index (χ1n) is 10.5. The average Bonchev–Trinajstić information content (AvgIpc) is 3.29. The molecule has 160 valence electrons. The first-order chi connectivity index (χ1) is 14.6. The Kier molecular flexibility index (Phi) is 8.29. The molecule has 2 atom stereocenters. The van der Waals surface area contributed by atoms with Gasteiger partial charge in [0, 0.05) is 37.6 Å². The van der Waals surface area contributed by atoms with Crippen molar-refractivity contribution in [2.24, 2.45) is 0 Å². The average molecular weight is 429 g/mol. The Morgan fingerprint density at radius 2 is 1.87 bits per heavy atom. The molecule has 1 N–H and O–H groups in total. The van der Waals surface area contributed by atoms with Crippen molar-refractivity contribution >= 4 is 23.4 Å². The van der Waals surface area contributed by atoms with Crippen LogP contribution in [0.1, 0.15) is 37.3 Å². The standard InChI is InChI=1S/C24H29ClN2O3/c1-2-23(28)27(17-19-10-12-20(25)13-11-19)22(15-18-7-4-3-5-8-18)24(29)26-16-21-9-6-14-30-21/h3-5,7-8,10-13,21-22H,2,6,9,14-17H2,1H3,(H,26,29)/t21-,22+/m1/s1. The fourth-order valence-corrected chi connectivity index (χ4v) is 3.81. The Morgan fingerprint density at radius 3 is 2.50 bits per heavy atom. The van der Waals surface area contributed by atoms with Gasteiger partial charge in [0.2, 0.25) is 11.8 Å². The third-order valence-electron chi connectivity index (χ3n) is 5.37. The van der Waals surface area contributed by atoms with Gasteiger partial charge in [0.15, 0.2) is 0 Å². The summed E-state index contributed by atoms with van der Waals surface area (Å²) in [7, 11) is 0. The largest absolute Gasteiger partial charge is 0.376 e. The van der Waals surface area contributed by atoms with Gasteiger partial charge in [-0.2, -0.15) is 0 Å². The van der Waals surface area contributed by atoms with E-state index in [1.165, 1.54) is 0 Å². The zero-order valence-corrected chi connectivity index (χ0v) is 18.1. The summed E-state index contributed by atoms with van der Waals surface area (Å²) in [6, 6.07) is 16.6. The summed E-state index contributed by atoms with van der Waals surface area (Å²) in [4.78, 5) is 27.8. The molecule has 1 saturated heterocycles. The van der Waals surface area contributed by atoms with E-state index < -0.39 is 6.04 Å². The molecule has 0 aromatic heterocycles. The first kappa shape index (κ1) is 22.3. The number of ether oxygens (including phenoxy) is 1. The number of benzene rings is 2. The number of nitrogens with one attached hydrogen (secondary N) is 1. The summed E-state index contributed by atoms with van der Waals surface area (Å²) < 4.78 is 5.63. The summed E-state index contributed by atoms with van der Waals surface area (Å²) in [6.45, 7) is 3.39. The van der Waals surface area contributed by atoms with Gasteiger partial charge in [-0.05, 0) is 36.1 Å². The summed E-state index contributed by atoms with van der Waals surface area (Å²) in [6.07, 6.45) is 2.81. The van der Waals surface area contributed by atoms with Gasteiger partial charge in [0.25, 0.3) is 0 Å². The van der Waals surface area contributed by atoms with Gasteiger partial charge in [-0.25, -0.2) is 0 Å². The molecule has 6 heteroatoms. The predicted molar refractivity (Wildman–Crippen MR) is 118 cm³/mol. The van der Waals surface area contributed by atoms with Gasteiger partial charge in [0.05, 0.1) is 6.10 Å². The van der Waals surface area contributed by atoms with E-state index in [9.17, 15) is 9.59 Å². The van der Waals surface area contributed by atoms with Crippen molar-refractivity contribution in [3.05, 3.63) is 70.7 Å². The van der Waals surface area contributed by atoms with Crippen LogP contribution in [0.4, 0.5) is 0 Å². The molecule has 0 spiro atoms. The number of amides is 2. The lowest BCUT2D eigenvalue weighted by Crippen LogP contribution is -2.51. The molecule has 1 fully saturated rings. The molecule has 3 rings (SSSR count). The van der Waals surface area contributed by atoms with Crippen molar-refractivity contribution in [2.45, 2.75) is 51.3 Å². The normalized spacial score (nSPS) is 16.8. The second kappa shape index (κ2) is 11.1. The zero-order chi connectivity index (χ0) is 21.3. The van der Waals surface area contributed by atoms with Crippen LogP contribution in [0.2, 0.25) is 5.02 Å². The zero-order valence-electron chi connectivity index (χ0n) is 17.4. The number of hydrogen-bond donors (Lipinski definition) is 1. The van der Waals surface area contributed by atoms with Gasteiger partial charge >= 0.3 is 0 Å². The SMILES string of the molecule is CCC(=O)N(Cc1ccc(Cl)cc1)[C@@H](Cc1ccccc1)C(=O)NC[C@H]1CCCO1. The molecule has 30 heavy (non-hydrogen) atoms. The van der Waals surface area contributed by atoms with E-state index in [2.05, 4.69) is 5.32 Å². The van der Waals surface area contributed by atoms with Crippen LogP contribution in [-0.4, -0.2) is 42.0 Å². The van der Waals surface area contributed by atoms with E-state index in [0.717, 1.165) is 30.6 Å². The Morgan fingerprint density at radius 1 is 1.13 bits per heavy atom. The monoisotopic (exact) mass is 428 g/mol. The highest BCUT2D eigenvalue weighted by molar-refractivity contribution is 6.30. The van der Waals surface area contributed by atoms with Crippen molar-refractivity contribution in [3.63, 3.8) is 0 Å². The molecule has 2 aromatic rings. The molecule has 0 bridgehead atoms.